The van der Waals surface area contributed by atoms with E-state index in [0.717, 1.165) is 11.3 Å². The summed E-state index contributed by atoms with van der Waals surface area (Å²) in [5.41, 5.74) is 0.972. The van der Waals surface area contributed by atoms with Gasteiger partial charge in [-0.3, -0.25) is 4.79 Å². The highest BCUT2D eigenvalue weighted by atomic mass is 35.5. The molecule has 30 heavy (non-hydrogen) atoms. The lowest BCUT2D eigenvalue weighted by atomic mass is 9.96. The van der Waals surface area contributed by atoms with Crippen molar-refractivity contribution in [3.8, 4) is 5.75 Å². The zero-order valence-electron chi connectivity index (χ0n) is 16.8. The minimum Gasteiger partial charge on any atom is -0.497 e. The van der Waals surface area contributed by atoms with E-state index >= 15 is 0 Å². The molecule has 3 rings (SSSR count). The molecule has 0 saturated carbocycles. The lowest BCUT2D eigenvalue weighted by Crippen LogP contribution is -2.43. The van der Waals surface area contributed by atoms with Gasteiger partial charge in [0.25, 0.3) is 0 Å². The summed E-state index contributed by atoms with van der Waals surface area (Å²) in [6.07, 6.45) is 0.886. The molecule has 1 amide bonds. The number of nitrogens with one attached hydrogen (secondary N) is 1. The fourth-order valence-corrected chi connectivity index (χ4v) is 5.69. The van der Waals surface area contributed by atoms with E-state index in [1.165, 1.54) is 16.4 Å². The van der Waals surface area contributed by atoms with Crippen molar-refractivity contribution in [2.75, 3.05) is 20.2 Å². The quantitative estimate of drug-likeness (QED) is 0.683. The van der Waals surface area contributed by atoms with Gasteiger partial charge in [-0.15, -0.1) is 0 Å². The highest BCUT2D eigenvalue weighted by Gasteiger charge is 2.33. The number of halogens is 2. The third kappa shape index (κ3) is 5.09. The van der Waals surface area contributed by atoms with E-state index in [-0.39, 0.29) is 40.9 Å². The number of methoxy groups -OCH3 is 1. The number of amides is 1. The van der Waals surface area contributed by atoms with Crippen LogP contribution in [-0.2, 0) is 14.8 Å². The number of nitrogens with zero attached hydrogens (tertiary/aromatic N) is 1. The Hall–Kier alpha value is -1.80. The second kappa shape index (κ2) is 9.56. The number of carbonyl (C=O) groups excluding carboxylic acids is 1. The molecule has 1 heterocycles. The number of sulfonamides is 1. The van der Waals surface area contributed by atoms with Crippen LogP contribution in [0.25, 0.3) is 0 Å². The molecule has 9 heteroatoms. The van der Waals surface area contributed by atoms with Gasteiger partial charge in [0.15, 0.2) is 0 Å². The van der Waals surface area contributed by atoms with Crippen molar-refractivity contribution in [3.05, 3.63) is 58.1 Å². The van der Waals surface area contributed by atoms with E-state index in [1.807, 2.05) is 31.2 Å². The second-order valence-electron chi connectivity index (χ2n) is 7.26. The number of benzene rings is 2. The van der Waals surface area contributed by atoms with Gasteiger partial charge in [-0.05, 0) is 55.7 Å². The maximum absolute atomic E-state index is 12.9. The Morgan fingerprint density at radius 1 is 1.13 bits per heavy atom. The number of piperidine rings is 1. The van der Waals surface area contributed by atoms with Gasteiger partial charge in [0.1, 0.15) is 10.6 Å². The first-order chi connectivity index (χ1) is 14.2. The van der Waals surface area contributed by atoms with Crippen molar-refractivity contribution in [2.24, 2.45) is 5.92 Å². The topological polar surface area (TPSA) is 75.7 Å². The van der Waals surface area contributed by atoms with Crippen LogP contribution in [0.4, 0.5) is 0 Å². The second-order valence-corrected chi connectivity index (χ2v) is 10.0. The monoisotopic (exact) mass is 470 g/mol. The van der Waals surface area contributed by atoms with Crippen molar-refractivity contribution in [3.63, 3.8) is 0 Å². The molecule has 1 fully saturated rings. The largest absolute Gasteiger partial charge is 0.497 e. The first-order valence-electron chi connectivity index (χ1n) is 9.62. The molecule has 1 aliphatic rings. The van der Waals surface area contributed by atoms with Crippen molar-refractivity contribution in [1.29, 1.82) is 0 Å². The fraction of sp³-hybridized carbons (Fsp3) is 0.381. The zero-order chi connectivity index (χ0) is 21.9. The molecule has 0 spiro atoms. The molecule has 1 unspecified atom stereocenters. The van der Waals surface area contributed by atoms with Crippen molar-refractivity contribution in [1.82, 2.24) is 9.62 Å². The average molecular weight is 471 g/mol. The van der Waals surface area contributed by atoms with Gasteiger partial charge in [-0.2, -0.15) is 4.31 Å². The van der Waals surface area contributed by atoms with E-state index in [1.54, 1.807) is 13.2 Å². The Balaban J connectivity index is 1.60. The van der Waals surface area contributed by atoms with Crippen LogP contribution in [0, 0.1) is 5.92 Å². The van der Waals surface area contributed by atoms with Crippen LogP contribution in [0.5, 0.6) is 5.75 Å². The first kappa shape index (κ1) is 22.9. The van der Waals surface area contributed by atoms with Gasteiger partial charge in [0.2, 0.25) is 15.9 Å². The summed E-state index contributed by atoms with van der Waals surface area (Å²) in [7, 11) is -2.16. The molecule has 0 radical (unpaired) electrons. The highest BCUT2D eigenvalue weighted by molar-refractivity contribution is 7.89. The predicted molar refractivity (Wildman–Crippen MR) is 117 cm³/mol. The van der Waals surface area contributed by atoms with Crippen LogP contribution in [-0.4, -0.2) is 38.8 Å². The minimum atomic E-state index is -3.76. The van der Waals surface area contributed by atoms with E-state index in [9.17, 15) is 13.2 Å². The standard InChI is InChI=1S/C21H24Cl2N2O4S/c1-14(15-3-6-18(29-2)7-4-15)24-21(26)16-9-11-25(12-10-16)30(27,28)20-13-17(22)5-8-19(20)23/h3-8,13-14,16H,9-12H2,1-2H3,(H,24,26). The fourth-order valence-electron chi connectivity index (χ4n) is 3.48. The maximum atomic E-state index is 12.9. The van der Waals surface area contributed by atoms with Gasteiger partial charge >= 0.3 is 0 Å². The molecular weight excluding hydrogens is 447 g/mol. The number of hydrogen-bond donors (Lipinski definition) is 1. The summed E-state index contributed by atoms with van der Waals surface area (Å²) in [6, 6.07) is 11.7. The Kier molecular flexibility index (Phi) is 7.29. The Morgan fingerprint density at radius 2 is 1.77 bits per heavy atom. The molecule has 1 aliphatic heterocycles. The van der Waals surface area contributed by atoms with Crippen LogP contribution < -0.4 is 10.1 Å². The van der Waals surface area contributed by atoms with Gasteiger partial charge < -0.3 is 10.1 Å². The van der Waals surface area contributed by atoms with Crippen molar-refractivity contribution < 1.29 is 17.9 Å². The van der Waals surface area contributed by atoms with Crippen LogP contribution in [0.1, 0.15) is 31.4 Å². The normalized spacial score (nSPS) is 16.8. The summed E-state index contributed by atoms with van der Waals surface area (Å²) in [5, 5.41) is 3.46. The number of hydrogen-bond acceptors (Lipinski definition) is 4. The third-order valence-electron chi connectivity index (χ3n) is 5.31. The smallest absolute Gasteiger partial charge is 0.244 e. The SMILES string of the molecule is COc1ccc(C(C)NC(=O)C2CCN(S(=O)(=O)c3cc(Cl)ccc3Cl)CC2)cc1. The van der Waals surface area contributed by atoms with Gasteiger partial charge in [0, 0.05) is 24.0 Å². The predicted octanol–water partition coefficient (Wildman–Crippen LogP) is 4.28. The molecule has 0 bridgehead atoms. The molecule has 0 aromatic heterocycles. The molecule has 2 aromatic rings. The Morgan fingerprint density at radius 3 is 2.37 bits per heavy atom. The molecule has 1 N–H and O–H groups in total. The molecule has 2 aromatic carbocycles. The molecule has 1 atom stereocenters. The molecule has 6 nitrogen and oxygen atoms in total. The summed E-state index contributed by atoms with van der Waals surface area (Å²) < 4.78 is 32.4. The summed E-state index contributed by atoms with van der Waals surface area (Å²) in [5.74, 6) is 0.439. The number of carbonyl (C=O) groups is 1. The van der Waals surface area contributed by atoms with Gasteiger partial charge in [-0.25, -0.2) is 8.42 Å². The number of rotatable bonds is 6. The summed E-state index contributed by atoms with van der Waals surface area (Å²) in [4.78, 5) is 12.7. The van der Waals surface area contributed by atoms with Crippen molar-refractivity contribution in [2.45, 2.75) is 30.7 Å². The number of ether oxygens (including phenoxy) is 1. The Labute approximate surface area is 187 Å². The first-order valence-corrected chi connectivity index (χ1v) is 11.8. The van der Waals surface area contributed by atoms with Crippen LogP contribution in [0.15, 0.2) is 47.4 Å². The van der Waals surface area contributed by atoms with Crippen LogP contribution in [0.3, 0.4) is 0 Å². The van der Waals surface area contributed by atoms with E-state index in [0.29, 0.717) is 17.9 Å². The summed E-state index contributed by atoms with van der Waals surface area (Å²) in [6.45, 7) is 2.42. The minimum absolute atomic E-state index is 0.00676. The Bertz CT molecular complexity index is 1000. The molecular formula is C21H24Cl2N2O4S. The van der Waals surface area contributed by atoms with Crippen LogP contribution >= 0.6 is 23.2 Å². The molecule has 0 aliphatic carbocycles. The van der Waals surface area contributed by atoms with Crippen LogP contribution in [0.2, 0.25) is 10.0 Å². The van der Waals surface area contributed by atoms with Gasteiger partial charge in [-0.1, -0.05) is 35.3 Å². The highest BCUT2D eigenvalue weighted by Crippen LogP contribution is 2.30. The zero-order valence-corrected chi connectivity index (χ0v) is 19.1. The molecule has 1 saturated heterocycles. The van der Waals surface area contributed by atoms with E-state index < -0.39 is 10.0 Å². The lowest BCUT2D eigenvalue weighted by Gasteiger charge is -2.31. The van der Waals surface area contributed by atoms with Crippen molar-refractivity contribution >= 4 is 39.1 Å². The third-order valence-corrected chi connectivity index (χ3v) is 7.93. The summed E-state index contributed by atoms with van der Waals surface area (Å²) >= 11 is 12.0. The van der Waals surface area contributed by atoms with E-state index in [4.69, 9.17) is 27.9 Å². The average Bonchev–Trinajstić information content (AvgIpc) is 2.75. The lowest BCUT2D eigenvalue weighted by molar-refractivity contribution is -0.126. The van der Waals surface area contributed by atoms with Gasteiger partial charge in [0.05, 0.1) is 18.2 Å². The maximum Gasteiger partial charge on any atom is 0.244 e. The molecule has 162 valence electrons. The van der Waals surface area contributed by atoms with E-state index in [2.05, 4.69) is 5.32 Å².